The fourth-order valence-electron chi connectivity index (χ4n) is 1.52. The predicted octanol–water partition coefficient (Wildman–Crippen LogP) is 1.77. The average Bonchev–Trinajstić information content (AvgIpc) is 2.62. The van der Waals surface area contributed by atoms with Gasteiger partial charge in [0.05, 0.1) is 6.61 Å². The molecule has 0 spiro atoms. The zero-order valence-corrected chi connectivity index (χ0v) is 10.4. The third kappa shape index (κ3) is 2.61. The zero-order valence-electron chi connectivity index (χ0n) is 9.56. The highest BCUT2D eigenvalue weighted by molar-refractivity contribution is 8.01. The molecule has 1 saturated heterocycles. The van der Waals surface area contributed by atoms with Crippen molar-refractivity contribution in [2.75, 3.05) is 18.9 Å². The Labute approximate surface area is 99.1 Å². The highest BCUT2D eigenvalue weighted by atomic mass is 32.2. The van der Waals surface area contributed by atoms with Crippen LogP contribution < -0.4 is 0 Å². The summed E-state index contributed by atoms with van der Waals surface area (Å²) in [5, 5.41) is 8.97. The summed E-state index contributed by atoms with van der Waals surface area (Å²) < 4.78 is 5.08. The van der Waals surface area contributed by atoms with Crippen LogP contribution in [0.2, 0.25) is 0 Å². The van der Waals surface area contributed by atoms with E-state index in [4.69, 9.17) is 9.84 Å². The van der Waals surface area contributed by atoms with Gasteiger partial charge in [-0.05, 0) is 13.3 Å². The lowest BCUT2D eigenvalue weighted by Crippen LogP contribution is -2.49. The van der Waals surface area contributed by atoms with E-state index in [0.717, 1.165) is 17.7 Å². The molecule has 1 aliphatic heterocycles. The maximum Gasteiger partial charge on any atom is 0.408 e. The lowest BCUT2D eigenvalue weighted by atomic mass is 10.3. The molecule has 0 aromatic heterocycles. The third-order valence-corrected chi connectivity index (χ3v) is 3.89. The van der Waals surface area contributed by atoms with Crippen molar-refractivity contribution in [3.8, 4) is 0 Å². The minimum atomic E-state index is -1.07. The molecule has 16 heavy (non-hydrogen) atoms. The van der Waals surface area contributed by atoms with Crippen LogP contribution in [0, 0.1) is 0 Å². The molecule has 0 radical (unpaired) electrons. The van der Waals surface area contributed by atoms with Gasteiger partial charge in [0.1, 0.15) is 0 Å². The first-order valence-electron chi connectivity index (χ1n) is 5.34. The van der Waals surface area contributed by atoms with Crippen molar-refractivity contribution in [2.45, 2.75) is 31.6 Å². The van der Waals surface area contributed by atoms with Crippen LogP contribution in [-0.4, -0.2) is 45.8 Å². The normalized spacial score (nSPS) is 24.5. The van der Waals surface area contributed by atoms with E-state index < -0.39 is 16.9 Å². The number of rotatable bonds is 4. The molecular formula is C10H17NO4S. The molecular weight excluding hydrogens is 230 g/mol. The summed E-state index contributed by atoms with van der Waals surface area (Å²) in [4.78, 5) is 22.8. The molecule has 0 bridgehead atoms. The molecule has 5 nitrogen and oxygen atoms in total. The highest BCUT2D eigenvalue weighted by Gasteiger charge is 2.48. The second kappa shape index (κ2) is 5.43. The van der Waals surface area contributed by atoms with E-state index in [2.05, 4.69) is 0 Å². The molecule has 1 N–H and O–H groups in total. The van der Waals surface area contributed by atoms with E-state index in [-0.39, 0.29) is 0 Å². The van der Waals surface area contributed by atoms with Crippen LogP contribution in [0.1, 0.15) is 26.7 Å². The minimum Gasteiger partial charge on any atom is -0.465 e. The molecule has 1 aliphatic rings. The Morgan fingerprint density at radius 1 is 1.56 bits per heavy atom. The lowest BCUT2D eigenvalue weighted by Gasteiger charge is -2.29. The second-order valence-corrected chi connectivity index (χ2v) is 5.25. The number of carbonyl (C=O) groups excluding carboxylic acids is 1. The Balaban J connectivity index is 2.61. The van der Waals surface area contributed by atoms with E-state index in [1.54, 1.807) is 6.92 Å². The second-order valence-electron chi connectivity index (χ2n) is 3.76. The van der Waals surface area contributed by atoms with Gasteiger partial charge in [-0.25, -0.2) is 9.59 Å². The number of ether oxygens (including phenoxy) is 1. The summed E-state index contributed by atoms with van der Waals surface area (Å²) in [6.45, 7) is 4.34. The van der Waals surface area contributed by atoms with Crippen LogP contribution in [0.5, 0.6) is 0 Å². The SMILES string of the molecule is CCCCOC(=O)C1(C)SCCN1C(=O)O. The van der Waals surface area contributed by atoms with Crippen LogP contribution in [0.25, 0.3) is 0 Å². The summed E-state index contributed by atoms with van der Waals surface area (Å²) in [5.41, 5.74) is 0. The number of hydrogen-bond acceptors (Lipinski definition) is 4. The molecule has 1 amide bonds. The molecule has 0 aromatic carbocycles. The van der Waals surface area contributed by atoms with E-state index in [0.29, 0.717) is 18.9 Å². The Bertz CT molecular complexity index is 284. The van der Waals surface area contributed by atoms with Gasteiger partial charge in [0.15, 0.2) is 4.87 Å². The molecule has 1 fully saturated rings. The van der Waals surface area contributed by atoms with Crippen LogP contribution in [0.15, 0.2) is 0 Å². The molecule has 1 unspecified atom stereocenters. The lowest BCUT2D eigenvalue weighted by molar-refractivity contribution is -0.150. The maximum absolute atomic E-state index is 11.8. The van der Waals surface area contributed by atoms with Gasteiger partial charge in [0.25, 0.3) is 0 Å². The molecule has 1 atom stereocenters. The van der Waals surface area contributed by atoms with Crippen molar-refractivity contribution in [3.63, 3.8) is 0 Å². The van der Waals surface area contributed by atoms with Crippen LogP contribution in [-0.2, 0) is 9.53 Å². The van der Waals surface area contributed by atoms with E-state index in [1.165, 1.54) is 11.8 Å². The number of carboxylic acid groups (broad SMARTS) is 1. The summed E-state index contributed by atoms with van der Waals surface area (Å²) in [6, 6.07) is 0. The number of amides is 1. The van der Waals surface area contributed by atoms with Crippen molar-refractivity contribution < 1.29 is 19.4 Å². The summed E-state index contributed by atoms with van der Waals surface area (Å²) in [6.07, 6.45) is 0.680. The van der Waals surface area contributed by atoms with Crippen LogP contribution in [0.3, 0.4) is 0 Å². The number of carbonyl (C=O) groups is 2. The van der Waals surface area contributed by atoms with Gasteiger partial charge in [0, 0.05) is 12.3 Å². The van der Waals surface area contributed by atoms with E-state index >= 15 is 0 Å². The predicted molar refractivity (Wildman–Crippen MR) is 61.5 cm³/mol. The fourth-order valence-corrected chi connectivity index (χ4v) is 2.69. The fraction of sp³-hybridized carbons (Fsp3) is 0.800. The quantitative estimate of drug-likeness (QED) is 0.606. The average molecular weight is 247 g/mol. The van der Waals surface area contributed by atoms with E-state index in [1.807, 2.05) is 6.92 Å². The first-order valence-corrected chi connectivity index (χ1v) is 6.32. The molecule has 0 saturated carbocycles. The zero-order chi connectivity index (χ0) is 12.2. The minimum absolute atomic E-state index is 0.360. The van der Waals surface area contributed by atoms with Crippen LogP contribution >= 0.6 is 11.8 Å². The smallest absolute Gasteiger partial charge is 0.408 e. The van der Waals surface area contributed by atoms with Gasteiger partial charge in [-0.2, -0.15) is 0 Å². The number of esters is 1. The van der Waals surface area contributed by atoms with Crippen molar-refractivity contribution in [3.05, 3.63) is 0 Å². The van der Waals surface area contributed by atoms with Crippen molar-refractivity contribution in [1.29, 1.82) is 0 Å². The number of nitrogens with zero attached hydrogens (tertiary/aromatic N) is 1. The maximum atomic E-state index is 11.8. The van der Waals surface area contributed by atoms with Crippen LogP contribution in [0.4, 0.5) is 4.79 Å². The van der Waals surface area contributed by atoms with Crippen molar-refractivity contribution >= 4 is 23.8 Å². The number of unbranched alkanes of at least 4 members (excludes halogenated alkanes) is 1. The van der Waals surface area contributed by atoms with Gasteiger partial charge in [-0.1, -0.05) is 13.3 Å². The van der Waals surface area contributed by atoms with Gasteiger partial charge in [-0.3, -0.25) is 4.90 Å². The van der Waals surface area contributed by atoms with E-state index in [9.17, 15) is 9.59 Å². The summed E-state index contributed by atoms with van der Waals surface area (Å²) >= 11 is 1.32. The Morgan fingerprint density at radius 2 is 2.25 bits per heavy atom. The molecule has 6 heteroatoms. The molecule has 0 aromatic rings. The van der Waals surface area contributed by atoms with Gasteiger partial charge < -0.3 is 9.84 Å². The Kier molecular flexibility index (Phi) is 4.46. The number of thioether (sulfide) groups is 1. The van der Waals surface area contributed by atoms with Crippen molar-refractivity contribution in [2.24, 2.45) is 0 Å². The molecule has 1 rings (SSSR count). The molecule has 0 aliphatic carbocycles. The molecule has 1 heterocycles. The topological polar surface area (TPSA) is 66.8 Å². The highest BCUT2D eigenvalue weighted by Crippen LogP contribution is 2.36. The summed E-state index contributed by atoms with van der Waals surface area (Å²) in [7, 11) is 0. The monoisotopic (exact) mass is 247 g/mol. The third-order valence-electron chi connectivity index (χ3n) is 2.55. The Hall–Kier alpha value is -0.910. The van der Waals surface area contributed by atoms with Gasteiger partial charge in [0.2, 0.25) is 0 Å². The first-order chi connectivity index (χ1) is 7.52. The molecule has 92 valence electrons. The number of hydrogen-bond donors (Lipinski definition) is 1. The standard InChI is InChI=1S/C10H17NO4S/c1-3-4-6-15-8(12)10(2)11(9(13)14)5-7-16-10/h3-7H2,1-2H3,(H,13,14). The Morgan fingerprint density at radius 3 is 2.81 bits per heavy atom. The van der Waals surface area contributed by atoms with Crippen molar-refractivity contribution in [1.82, 2.24) is 4.90 Å². The van der Waals surface area contributed by atoms with Gasteiger partial charge in [-0.15, -0.1) is 11.8 Å². The summed E-state index contributed by atoms with van der Waals surface area (Å²) in [5.74, 6) is 0.178. The largest absolute Gasteiger partial charge is 0.465 e. The first kappa shape index (κ1) is 13.2. The van der Waals surface area contributed by atoms with Gasteiger partial charge >= 0.3 is 12.1 Å².